The maximum absolute atomic E-state index is 12.5. The van der Waals surface area contributed by atoms with Crippen molar-refractivity contribution in [2.24, 2.45) is 9.98 Å². The summed E-state index contributed by atoms with van der Waals surface area (Å²) in [6, 6.07) is 9.67. The first-order valence-corrected chi connectivity index (χ1v) is 7.78. The van der Waals surface area contributed by atoms with E-state index in [0.29, 0.717) is 15.2 Å². The molecule has 0 spiro atoms. The summed E-state index contributed by atoms with van der Waals surface area (Å²) in [7, 11) is 0. The summed E-state index contributed by atoms with van der Waals surface area (Å²) < 4.78 is 38.1. The van der Waals surface area contributed by atoms with Crippen LogP contribution in [0.2, 0.25) is 0 Å². The number of carbonyl (C=O) groups is 2. The number of benzene rings is 2. The van der Waals surface area contributed by atoms with E-state index in [0.717, 1.165) is 0 Å². The zero-order valence-corrected chi connectivity index (χ0v) is 13.9. The van der Waals surface area contributed by atoms with Gasteiger partial charge >= 0.3 is 12.1 Å². The minimum atomic E-state index is -5.05. The van der Waals surface area contributed by atoms with Crippen molar-refractivity contribution in [3.05, 3.63) is 63.2 Å². The van der Waals surface area contributed by atoms with Crippen LogP contribution < -0.4 is 16.0 Å². The SMILES string of the molecule is O=C1N=c2ccccc2=NC1c1cc(Br)ccc1NC(=O)C(F)(F)F. The van der Waals surface area contributed by atoms with E-state index in [4.69, 9.17) is 0 Å². The van der Waals surface area contributed by atoms with Gasteiger partial charge in [0.25, 0.3) is 5.91 Å². The fraction of sp³-hybridized carbons (Fsp3) is 0.125. The van der Waals surface area contributed by atoms with E-state index >= 15 is 0 Å². The zero-order chi connectivity index (χ0) is 18.2. The van der Waals surface area contributed by atoms with Crippen LogP contribution in [-0.2, 0) is 9.59 Å². The van der Waals surface area contributed by atoms with Crippen LogP contribution in [0.4, 0.5) is 18.9 Å². The number of fused-ring (bicyclic) bond motifs is 1. The van der Waals surface area contributed by atoms with Crippen molar-refractivity contribution in [3.63, 3.8) is 0 Å². The summed E-state index contributed by atoms with van der Waals surface area (Å²) in [4.78, 5) is 31.7. The van der Waals surface area contributed by atoms with Crippen molar-refractivity contribution in [3.8, 4) is 0 Å². The highest BCUT2D eigenvalue weighted by molar-refractivity contribution is 9.10. The lowest BCUT2D eigenvalue weighted by atomic mass is 10.0. The van der Waals surface area contributed by atoms with Crippen molar-refractivity contribution in [1.82, 2.24) is 0 Å². The smallest absolute Gasteiger partial charge is 0.318 e. The maximum atomic E-state index is 12.5. The predicted octanol–water partition coefficient (Wildman–Crippen LogP) is 2.47. The summed E-state index contributed by atoms with van der Waals surface area (Å²) in [6.45, 7) is 0. The van der Waals surface area contributed by atoms with Crippen LogP contribution in [0.1, 0.15) is 11.6 Å². The lowest BCUT2D eigenvalue weighted by Crippen LogP contribution is -2.34. The lowest BCUT2D eigenvalue weighted by molar-refractivity contribution is -0.167. The van der Waals surface area contributed by atoms with Crippen LogP contribution in [0, 0.1) is 0 Å². The van der Waals surface area contributed by atoms with Gasteiger partial charge in [-0.15, -0.1) is 0 Å². The highest BCUT2D eigenvalue weighted by Crippen LogP contribution is 2.31. The van der Waals surface area contributed by atoms with Crippen LogP contribution >= 0.6 is 15.9 Å². The monoisotopic (exact) mass is 411 g/mol. The molecular formula is C16H9BrF3N3O2. The normalized spacial score (nSPS) is 16.5. The molecule has 1 aliphatic rings. The average molecular weight is 412 g/mol. The summed E-state index contributed by atoms with van der Waals surface area (Å²) in [5, 5.41) is 2.61. The summed E-state index contributed by atoms with van der Waals surface area (Å²) >= 11 is 3.20. The Morgan fingerprint density at radius 2 is 1.80 bits per heavy atom. The summed E-state index contributed by atoms with van der Waals surface area (Å²) in [6.07, 6.45) is -5.05. The molecule has 0 saturated carbocycles. The van der Waals surface area contributed by atoms with Crippen molar-refractivity contribution in [2.75, 3.05) is 5.32 Å². The fourth-order valence-corrected chi connectivity index (χ4v) is 2.69. The Kier molecular flexibility index (Phi) is 4.42. The summed E-state index contributed by atoms with van der Waals surface area (Å²) in [5.41, 5.74) is -0.0302. The van der Waals surface area contributed by atoms with E-state index in [1.807, 2.05) is 0 Å². The molecule has 25 heavy (non-hydrogen) atoms. The van der Waals surface area contributed by atoms with Crippen LogP contribution in [-0.4, -0.2) is 18.0 Å². The van der Waals surface area contributed by atoms with Crippen molar-refractivity contribution in [2.45, 2.75) is 12.2 Å². The number of nitrogens with zero attached hydrogens (tertiary/aromatic N) is 2. The van der Waals surface area contributed by atoms with Gasteiger partial charge in [0, 0.05) is 15.7 Å². The van der Waals surface area contributed by atoms with Gasteiger partial charge in [0.1, 0.15) is 0 Å². The van der Waals surface area contributed by atoms with Gasteiger partial charge in [0.2, 0.25) is 0 Å². The second kappa shape index (κ2) is 6.40. The molecule has 1 N–H and O–H groups in total. The van der Waals surface area contributed by atoms with E-state index in [9.17, 15) is 22.8 Å². The molecule has 1 heterocycles. The first-order valence-electron chi connectivity index (χ1n) is 6.99. The third-order valence-electron chi connectivity index (χ3n) is 3.43. The number of para-hydroxylation sites is 2. The second-order valence-electron chi connectivity index (χ2n) is 5.15. The molecule has 128 valence electrons. The van der Waals surface area contributed by atoms with Crippen LogP contribution in [0.15, 0.2) is 56.9 Å². The van der Waals surface area contributed by atoms with E-state index < -0.39 is 24.0 Å². The molecule has 0 bridgehead atoms. The number of hydrogen-bond donors (Lipinski definition) is 1. The van der Waals surface area contributed by atoms with Gasteiger partial charge in [-0.3, -0.25) is 14.6 Å². The number of amides is 2. The number of hydrogen-bond acceptors (Lipinski definition) is 3. The number of carbonyl (C=O) groups excluding carboxylic acids is 2. The standard InChI is InChI=1S/C16H9BrF3N3O2/c17-8-5-6-10(23-15(25)16(18,19)20)9(7-8)13-14(24)22-12-4-2-1-3-11(12)21-13/h1-7,13H,(H,23,25). The average Bonchev–Trinajstić information content (AvgIpc) is 2.55. The zero-order valence-electron chi connectivity index (χ0n) is 12.3. The van der Waals surface area contributed by atoms with Crippen molar-refractivity contribution < 1.29 is 22.8 Å². The first kappa shape index (κ1) is 17.3. The first-order chi connectivity index (χ1) is 11.8. The number of anilines is 1. The molecule has 5 nitrogen and oxygen atoms in total. The van der Waals surface area contributed by atoms with Gasteiger partial charge in [-0.2, -0.15) is 13.2 Å². The Labute approximate surface area is 147 Å². The van der Waals surface area contributed by atoms with Gasteiger partial charge in [-0.05, 0) is 30.3 Å². The van der Waals surface area contributed by atoms with Gasteiger partial charge in [0.05, 0.1) is 10.7 Å². The summed E-state index contributed by atoms with van der Waals surface area (Å²) in [5.74, 6) is -2.75. The molecule has 1 aliphatic heterocycles. The molecule has 0 aliphatic carbocycles. The highest BCUT2D eigenvalue weighted by Gasteiger charge is 2.39. The molecule has 1 atom stereocenters. The quantitative estimate of drug-likeness (QED) is 0.824. The maximum Gasteiger partial charge on any atom is 0.471 e. The Morgan fingerprint density at radius 3 is 2.48 bits per heavy atom. The van der Waals surface area contributed by atoms with E-state index in [2.05, 4.69) is 25.9 Å². The molecule has 2 aromatic rings. The Balaban J connectivity index is 2.08. The largest absolute Gasteiger partial charge is 0.471 e. The van der Waals surface area contributed by atoms with E-state index in [1.54, 1.807) is 29.6 Å². The third kappa shape index (κ3) is 3.60. The second-order valence-corrected chi connectivity index (χ2v) is 6.07. The molecule has 2 amide bonds. The minimum absolute atomic E-state index is 0.121. The van der Waals surface area contributed by atoms with E-state index in [-0.39, 0.29) is 11.3 Å². The Morgan fingerprint density at radius 1 is 1.12 bits per heavy atom. The third-order valence-corrected chi connectivity index (χ3v) is 3.92. The Bertz CT molecular complexity index is 989. The number of halogens is 4. The molecule has 9 heteroatoms. The van der Waals surface area contributed by atoms with Gasteiger partial charge in [-0.25, -0.2) is 4.99 Å². The van der Waals surface area contributed by atoms with Crippen molar-refractivity contribution in [1.29, 1.82) is 0 Å². The fourth-order valence-electron chi connectivity index (χ4n) is 2.31. The molecule has 0 radical (unpaired) electrons. The molecular weight excluding hydrogens is 403 g/mol. The van der Waals surface area contributed by atoms with Crippen LogP contribution in [0.5, 0.6) is 0 Å². The van der Waals surface area contributed by atoms with Gasteiger partial charge in [-0.1, -0.05) is 28.1 Å². The topological polar surface area (TPSA) is 70.9 Å². The Hall–Kier alpha value is -2.55. The van der Waals surface area contributed by atoms with Crippen LogP contribution in [0.3, 0.4) is 0 Å². The number of alkyl halides is 3. The number of nitrogens with one attached hydrogen (secondary N) is 1. The molecule has 1 unspecified atom stereocenters. The van der Waals surface area contributed by atoms with Crippen LogP contribution in [0.25, 0.3) is 0 Å². The lowest BCUT2D eigenvalue weighted by Gasteiger charge is -2.18. The molecule has 3 rings (SSSR count). The van der Waals surface area contributed by atoms with E-state index in [1.165, 1.54) is 18.2 Å². The molecule has 2 aromatic carbocycles. The predicted molar refractivity (Wildman–Crippen MR) is 85.3 cm³/mol. The highest BCUT2D eigenvalue weighted by atomic mass is 79.9. The molecule has 0 fully saturated rings. The van der Waals surface area contributed by atoms with Gasteiger partial charge in [0.15, 0.2) is 6.04 Å². The number of rotatable bonds is 2. The van der Waals surface area contributed by atoms with Crippen molar-refractivity contribution >= 4 is 33.4 Å². The molecule has 0 aromatic heterocycles. The molecule has 0 saturated heterocycles. The van der Waals surface area contributed by atoms with Gasteiger partial charge < -0.3 is 5.32 Å². The minimum Gasteiger partial charge on any atom is -0.318 e.